The monoisotopic (exact) mass is 438 g/mol. The van der Waals surface area contributed by atoms with Gasteiger partial charge in [0, 0.05) is 12.1 Å². The van der Waals surface area contributed by atoms with Gasteiger partial charge < -0.3 is 15.0 Å². The number of aryl methyl sites for hydroxylation is 1. The minimum atomic E-state index is -0.636. The standard InChI is InChI=1S/C27H38N2O3/c1-19-13-9-10-14-21(19)17-29(20(2)25(31)28-27(6,7)8)24(30)18-32-23-16-12-11-15-22(23)26(3,4)5/h9-16,20H,17-18H2,1-8H3,(H,28,31). The molecule has 0 aliphatic carbocycles. The van der Waals surface area contributed by atoms with Gasteiger partial charge in [0.05, 0.1) is 0 Å². The summed E-state index contributed by atoms with van der Waals surface area (Å²) in [6.07, 6.45) is 0. The zero-order chi connectivity index (χ0) is 24.1. The maximum atomic E-state index is 13.3. The molecule has 174 valence electrons. The van der Waals surface area contributed by atoms with Crippen molar-refractivity contribution in [3.63, 3.8) is 0 Å². The zero-order valence-corrected chi connectivity index (χ0v) is 20.8. The Kier molecular flexibility index (Phi) is 8.11. The zero-order valence-electron chi connectivity index (χ0n) is 20.8. The van der Waals surface area contributed by atoms with E-state index in [0.29, 0.717) is 12.3 Å². The third kappa shape index (κ3) is 7.11. The molecule has 0 radical (unpaired) electrons. The fourth-order valence-corrected chi connectivity index (χ4v) is 3.46. The molecule has 5 heteroatoms. The minimum Gasteiger partial charge on any atom is -0.483 e. The number of para-hydroxylation sites is 1. The van der Waals surface area contributed by atoms with Crippen LogP contribution >= 0.6 is 0 Å². The number of nitrogens with zero attached hydrogens (tertiary/aromatic N) is 1. The SMILES string of the molecule is Cc1ccccc1CN(C(=O)COc1ccccc1C(C)(C)C)C(C)C(=O)NC(C)(C)C. The van der Waals surface area contributed by atoms with Crippen molar-refractivity contribution in [3.05, 3.63) is 65.2 Å². The van der Waals surface area contributed by atoms with Crippen molar-refractivity contribution >= 4 is 11.8 Å². The molecule has 2 aromatic carbocycles. The predicted molar refractivity (Wildman–Crippen MR) is 130 cm³/mol. The molecule has 0 saturated carbocycles. The summed E-state index contributed by atoms with van der Waals surface area (Å²) in [7, 11) is 0. The number of nitrogens with one attached hydrogen (secondary N) is 1. The van der Waals surface area contributed by atoms with Gasteiger partial charge in [0.15, 0.2) is 6.61 Å². The molecule has 0 saturated heterocycles. The van der Waals surface area contributed by atoms with Gasteiger partial charge in [-0.25, -0.2) is 0 Å². The lowest BCUT2D eigenvalue weighted by Gasteiger charge is -2.32. The lowest BCUT2D eigenvalue weighted by Crippen LogP contribution is -2.53. The van der Waals surface area contributed by atoms with Gasteiger partial charge in [-0.3, -0.25) is 9.59 Å². The van der Waals surface area contributed by atoms with Crippen LogP contribution in [0.3, 0.4) is 0 Å². The van der Waals surface area contributed by atoms with Gasteiger partial charge in [0.2, 0.25) is 5.91 Å². The van der Waals surface area contributed by atoms with E-state index in [-0.39, 0.29) is 29.4 Å². The fourth-order valence-electron chi connectivity index (χ4n) is 3.46. The van der Waals surface area contributed by atoms with Crippen molar-refractivity contribution < 1.29 is 14.3 Å². The molecule has 5 nitrogen and oxygen atoms in total. The van der Waals surface area contributed by atoms with Crippen molar-refractivity contribution in [3.8, 4) is 5.75 Å². The van der Waals surface area contributed by atoms with Crippen LogP contribution in [0.15, 0.2) is 48.5 Å². The Morgan fingerprint density at radius 3 is 2.16 bits per heavy atom. The number of amides is 2. The van der Waals surface area contributed by atoms with Gasteiger partial charge in [-0.15, -0.1) is 0 Å². The molecule has 0 bridgehead atoms. The summed E-state index contributed by atoms with van der Waals surface area (Å²) in [5.41, 5.74) is 2.63. The predicted octanol–water partition coefficient (Wildman–Crippen LogP) is 5.00. The van der Waals surface area contributed by atoms with Crippen LogP contribution in [-0.4, -0.2) is 34.9 Å². The normalized spacial score (nSPS) is 12.8. The first-order valence-corrected chi connectivity index (χ1v) is 11.2. The van der Waals surface area contributed by atoms with Crippen LogP contribution in [0.25, 0.3) is 0 Å². The van der Waals surface area contributed by atoms with E-state index in [4.69, 9.17) is 4.74 Å². The van der Waals surface area contributed by atoms with Gasteiger partial charge in [-0.1, -0.05) is 63.2 Å². The van der Waals surface area contributed by atoms with Crippen LogP contribution in [0.5, 0.6) is 5.75 Å². The summed E-state index contributed by atoms with van der Waals surface area (Å²) in [6, 6.07) is 15.0. The highest BCUT2D eigenvalue weighted by molar-refractivity contribution is 5.88. The van der Waals surface area contributed by atoms with Crippen LogP contribution < -0.4 is 10.1 Å². The van der Waals surface area contributed by atoms with Crippen molar-refractivity contribution in [2.24, 2.45) is 0 Å². The quantitative estimate of drug-likeness (QED) is 0.662. The van der Waals surface area contributed by atoms with Crippen molar-refractivity contribution in [1.82, 2.24) is 10.2 Å². The number of rotatable bonds is 7. The average molecular weight is 439 g/mol. The van der Waals surface area contributed by atoms with E-state index in [1.165, 1.54) is 0 Å². The van der Waals surface area contributed by atoms with Gasteiger partial charge in [0.25, 0.3) is 5.91 Å². The minimum absolute atomic E-state index is 0.111. The lowest BCUT2D eigenvalue weighted by molar-refractivity contribution is -0.142. The van der Waals surface area contributed by atoms with Crippen molar-refractivity contribution in [2.45, 2.75) is 78.9 Å². The van der Waals surface area contributed by atoms with Crippen LogP contribution in [0, 0.1) is 6.92 Å². The van der Waals surface area contributed by atoms with Gasteiger partial charge in [-0.05, 0) is 62.8 Å². The maximum absolute atomic E-state index is 13.3. The summed E-state index contributed by atoms with van der Waals surface area (Å²) in [6.45, 7) is 16.1. The molecule has 1 N–H and O–H groups in total. The second-order valence-corrected chi connectivity index (χ2v) is 10.4. The fraction of sp³-hybridized carbons (Fsp3) is 0.481. The Balaban J connectivity index is 2.26. The second-order valence-electron chi connectivity index (χ2n) is 10.4. The molecule has 2 rings (SSSR count). The van der Waals surface area contributed by atoms with E-state index in [0.717, 1.165) is 16.7 Å². The number of hydrogen-bond donors (Lipinski definition) is 1. The number of benzene rings is 2. The average Bonchev–Trinajstić information content (AvgIpc) is 2.69. The molecule has 0 aliphatic rings. The molecular formula is C27H38N2O3. The molecule has 2 aromatic rings. The van der Waals surface area contributed by atoms with Gasteiger partial charge in [-0.2, -0.15) is 0 Å². The van der Waals surface area contributed by atoms with Crippen LogP contribution in [0.1, 0.15) is 65.2 Å². The molecule has 2 amide bonds. The van der Waals surface area contributed by atoms with E-state index in [1.54, 1.807) is 11.8 Å². The molecular weight excluding hydrogens is 400 g/mol. The molecule has 0 spiro atoms. The Morgan fingerprint density at radius 2 is 1.56 bits per heavy atom. The van der Waals surface area contributed by atoms with Crippen LogP contribution in [0.2, 0.25) is 0 Å². The number of carbonyl (C=O) groups excluding carboxylic acids is 2. The highest BCUT2D eigenvalue weighted by atomic mass is 16.5. The third-order valence-corrected chi connectivity index (χ3v) is 5.31. The largest absolute Gasteiger partial charge is 0.483 e. The molecule has 0 aliphatic heterocycles. The Morgan fingerprint density at radius 1 is 0.969 bits per heavy atom. The summed E-state index contributed by atoms with van der Waals surface area (Å²) in [5.74, 6) is 0.277. The maximum Gasteiger partial charge on any atom is 0.261 e. The van der Waals surface area contributed by atoms with Crippen LogP contribution in [0.4, 0.5) is 0 Å². The Labute approximate surface area is 193 Å². The Bertz CT molecular complexity index is 938. The first-order chi connectivity index (χ1) is 14.8. The molecule has 1 atom stereocenters. The first-order valence-electron chi connectivity index (χ1n) is 11.2. The van der Waals surface area contributed by atoms with E-state index in [9.17, 15) is 9.59 Å². The summed E-state index contributed by atoms with van der Waals surface area (Å²) < 4.78 is 5.98. The van der Waals surface area contributed by atoms with Gasteiger partial charge >= 0.3 is 0 Å². The topological polar surface area (TPSA) is 58.6 Å². The first kappa shape index (κ1) is 25.4. The highest BCUT2D eigenvalue weighted by Gasteiger charge is 2.29. The number of ether oxygens (including phenoxy) is 1. The van der Waals surface area contributed by atoms with E-state index in [2.05, 4.69) is 26.1 Å². The van der Waals surface area contributed by atoms with E-state index < -0.39 is 6.04 Å². The second kappa shape index (κ2) is 10.2. The molecule has 0 aromatic heterocycles. The summed E-state index contributed by atoms with van der Waals surface area (Å²) >= 11 is 0. The molecule has 32 heavy (non-hydrogen) atoms. The van der Waals surface area contributed by atoms with Crippen LogP contribution in [-0.2, 0) is 21.5 Å². The number of hydrogen-bond acceptors (Lipinski definition) is 3. The molecule has 1 unspecified atom stereocenters. The highest BCUT2D eigenvalue weighted by Crippen LogP contribution is 2.31. The molecule has 0 heterocycles. The van der Waals surface area contributed by atoms with E-state index >= 15 is 0 Å². The van der Waals surface area contributed by atoms with Crippen molar-refractivity contribution in [1.29, 1.82) is 0 Å². The summed E-state index contributed by atoms with van der Waals surface area (Å²) in [4.78, 5) is 27.8. The Hall–Kier alpha value is -2.82. The smallest absolute Gasteiger partial charge is 0.261 e. The third-order valence-electron chi connectivity index (χ3n) is 5.31. The lowest BCUT2D eigenvalue weighted by atomic mass is 9.86. The summed E-state index contributed by atoms with van der Waals surface area (Å²) in [5, 5.41) is 2.98. The van der Waals surface area contributed by atoms with Crippen molar-refractivity contribution in [2.75, 3.05) is 6.61 Å². The molecule has 0 fully saturated rings. The number of carbonyl (C=O) groups is 2. The van der Waals surface area contributed by atoms with Gasteiger partial charge in [0.1, 0.15) is 11.8 Å². The van der Waals surface area contributed by atoms with E-state index in [1.807, 2.05) is 76.2 Å².